The van der Waals surface area contributed by atoms with Crippen LogP contribution in [0.3, 0.4) is 0 Å². The molecule has 116 valence electrons. The number of sulfonamides is 1. The van der Waals surface area contributed by atoms with Gasteiger partial charge in [-0.05, 0) is 31.0 Å². The molecule has 5 nitrogen and oxygen atoms in total. The van der Waals surface area contributed by atoms with Gasteiger partial charge < -0.3 is 5.73 Å². The molecule has 1 atom stereocenters. The van der Waals surface area contributed by atoms with Crippen LogP contribution in [0, 0.1) is 0 Å². The molecule has 3 rings (SSSR count). The monoisotopic (exact) mass is 309 g/mol. The van der Waals surface area contributed by atoms with E-state index in [9.17, 15) is 8.42 Å². The van der Waals surface area contributed by atoms with Crippen molar-refractivity contribution in [3.05, 3.63) is 29.8 Å². The van der Waals surface area contributed by atoms with E-state index in [1.807, 2.05) is 6.07 Å². The zero-order valence-electron chi connectivity index (χ0n) is 12.2. The van der Waals surface area contributed by atoms with Gasteiger partial charge in [0.15, 0.2) is 0 Å². The van der Waals surface area contributed by atoms with Gasteiger partial charge in [-0.3, -0.25) is 4.90 Å². The third kappa shape index (κ3) is 2.85. The lowest BCUT2D eigenvalue weighted by atomic mass is 10.0. The number of hydrogen-bond donors (Lipinski definition) is 1. The quantitative estimate of drug-likeness (QED) is 0.905. The second-order valence-electron chi connectivity index (χ2n) is 5.86. The first-order valence-electron chi connectivity index (χ1n) is 7.65. The number of rotatable bonds is 3. The van der Waals surface area contributed by atoms with Gasteiger partial charge in [0.2, 0.25) is 10.0 Å². The minimum absolute atomic E-state index is 0.249. The summed E-state index contributed by atoms with van der Waals surface area (Å²) in [7, 11) is -3.43. The van der Waals surface area contributed by atoms with Gasteiger partial charge >= 0.3 is 0 Å². The Morgan fingerprint density at radius 2 is 1.95 bits per heavy atom. The maximum absolute atomic E-state index is 12.9. The Balaban J connectivity index is 1.85. The van der Waals surface area contributed by atoms with Gasteiger partial charge in [-0.1, -0.05) is 24.6 Å². The predicted molar refractivity (Wildman–Crippen MR) is 82.3 cm³/mol. The van der Waals surface area contributed by atoms with Crippen molar-refractivity contribution < 1.29 is 8.42 Å². The molecule has 0 amide bonds. The highest BCUT2D eigenvalue weighted by Gasteiger charge is 2.35. The van der Waals surface area contributed by atoms with Gasteiger partial charge in [-0.2, -0.15) is 4.31 Å². The molecule has 6 heteroatoms. The summed E-state index contributed by atoms with van der Waals surface area (Å²) >= 11 is 0. The van der Waals surface area contributed by atoms with Crippen molar-refractivity contribution in [2.45, 2.75) is 36.7 Å². The molecule has 0 radical (unpaired) electrons. The van der Waals surface area contributed by atoms with Crippen LogP contribution in [-0.2, 0) is 16.6 Å². The van der Waals surface area contributed by atoms with Crippen LogP contribution in [0.1, 0.15) is 24.8 Å². The van der Waals surface area contributed by atoms with Crippen molar-refractivity contribution in [1.29, 1.82) is 0 Å². The Kier molecular flexibility index (Phi) is 4.31. The number of benzene rings is 1. The summed E-state index contributed by atoms with van der Waals surface area (Å²) in [6.07, 6.45) is 3.54. The summed E-state index contributed by atoms with van der Waals surface area (Å²) < 4.78 is 27.4. The third-order valence-electron chi connectivity index (χ3n) is 4.61. The van der Waals surface area contributed by atoms with Crippen molar-refractivity contribution in [2.75, 3.05) is 26.2 Å². The molecule has 21 heavy (non-hydrogen) atoms. The first kappa shape index (κ1) is 15.0. The molecule has 0 saturated carbocycles. The number of piperazine rings is 1. The average molecular weight is 309 g/mol. The van der Waals surface area contributed by atoms with Crippen molar-refractivity contribution in [3.63, 3.8) is 0 Å². The molecule has 0 aromatic heterocycles. The van der Waals surface area contributed by atoms with E-state index in [1.54, 1.807) is 22.5 Å². The molecule has 2 heterocycles. The van der Waals surface area contributed by atoms with E-state index in [0.29, 0.717) is 29.6 Å². The van der Waals surface area contributed by atoms with Gasteiger partial charge in [0, 0.05) is 32.2 Å². The lowest BCUT2D eigenvalue weighted by Crippen LogP contribution is -2.56. The minimum Gasteiger partial charge on any atom is -0.326 e. The molecule has 2 N–H and O–H groups in total. The number of fused-ring (bicyclic) bond motifs is 1. The number of piperidine rings is 1. The number of nitrogens with two attached hydrogens (primary N) is 1. The van der Waals surface area contributed by atoms with Crippen LogP contribution in [0.15, 0.2) is 29.2 Å². The summed E-state index contributed by atoms with van der Waals surface area (Å²) in [6, 6.07) is 7.45. The Hall–Kier alpha value is -0.950. The van der Waals surface area contributed by atoms with Crippen LogP contribution >= 0.6 is 0 Å². The fraction of sp³-hybridized carbons (Fsp3) is 0.600. The molecular weight excluding hydrogens is 286 g/mol. The molecule has 2 aliphatic rings. The highest BCUT2D eigenvalue weighted by molar-refractivity contribution is 7.89. The van der Waals surface area contributed by atoms with Gasteiger partial charge in [0.1, 0.15) is 0 Å². The zero-order valence-corrected chi connectivity index (χ0v) is 13.1. The Morgan fingerprint density at radius 3 is 2.76 bits per heavy atom. The fourth-order valence-corrected chi connectivity index (χ4v) is 5.11. The van der Waals surface area contributed by atoms with Gasteiger partial charge in [0.25, 0.3) is 0 Å². The maximum atomic E-state index is 12.9. The fourth-order valence-electron chi connectivity index (χ4n) is 3.41. The van der Waals surface area contributed by atoms with E-state index in [1.165, 1.54) is 12.8 Å². The van der Waals surface area contributed by atoms with E-state index in [0.717, 1.165) is 19.5 Å². The average Bonchev–Trinajstić information content (AvgIpc) is 2.54. The highest BCUT2D eigenvalue weighted by atomic mass is 32.2. The maximum Gasteiger partial charge on any atom is 0.243 e. The lowest BCUT2D eigenvalue weighted by molar-refractivity contribution is 0.0851. The first-order chi connectivity index (χ1) is 10.1. The number of hydrogen-bond acceptors (Lipinski definition) is 4. The SMILES string of the molecule is NCc1ccccc1S(=O)(=O)N1CCN2CCCCC2C1. The summed E-state index contributed by atoms with van der Waals surface area (Å²) in [4.78, 5) is 2.81. The summed E-state index contributed by atoms with van der Waals surface area (Å²) in [5, 5.41) is 0. The lowest BCUT2D eigenvalue weighted by Gasteiger charge is -2.43. The second kappa shape index (κ2) is 6.04. The molecule has 1 aromatic rings. The van der Waals surface area contributed by atoms with Gasteiger partial charge in [0.05, 0.1) is 4.90 Å². The normalized spacial score (nSPS) is 24.7. The predicted octanol–water partition coefficient (Wildman–Crippen LogP) is 1.00. The standard InChI is InChI=1S/C15H23N3O2S/c16-11-13-5-1-2-7-15(13)21(19,20)18-10-9-17-8-4-3-6-14(17)12-18/h1-2,5,7,14H,3-4,6,8-12,16H2. The van der Waals surface area contributed by atoms with Crippen molar-refractivity contribution in [1.82, 2.24) is 9.21 Å². The van der Waals surface area contributed by atoms with Crippen molar-refractivity contribution >= 4 is 10.0 Å². The molecule has 1 unspecified atom stereocenters. The molecule has 2 fully saturated rings. The van der Waals surface area contributed by atoms with Crippen molar-refractivity contribution in [2.24, 2.45) is 5.73 Å². The number of nitrogens with zero attached hydrogens (tertiary/aromatic N) is 2. The Morgan fingerprint density at radius 1 is 1.14 bits per heavy atom. The highest BCUT2D eigenvalue weighted by Crippen LogP contribution is 2.26. The van der Waals surface area contributed by atoms with E-state index in [4.69, 9.17) is 5.73 Å². The molecule has 2 saturated heterocycles. The zero-order chi connectivity index (χ0) is 14.9. The minimum atomic E-state index is -3.43. The molecule has 0 aliphatic carbocycles. The van der Waals surface area contributed by atoms with E-state index in [2.05, 4.69) is 4.90 Å². The topological polar surface area (TPSA) is 66.6 Å². The Bertz CT molecular complexity index is 603. The Labute approximate surface area is 126 Å². The summed E-state index contributed by atoms with van der Waals surface area (Å²) in [5.74, 6) is 0. The van der Waals surface area contributed by atoms with Crippen molar-refractivity contribution in [3.8, 4) is 0 Å². The van der Waals surface area contributed by atoms with Crippen LogP contribution in [-0.4, -0.2) is 49.8 Å². The largest absolute Gasteiger partial charge is 0.326 e. The van der Waals surface area contributed by atoms with Crippen LogP contribution in [0.4, 0.5) is 0 Å². The molecule has 1 aromatic carbocycles. The van der Waals surface area contributed by atoms with E-state index in [-0.39, 0.29) is 6.54 Å². The van der Waals surface area contributed by atoms with E-state index < -0.39 is 10.0 Å². The van der Waals surface area contributed by atoms with Crippen LogP contribution < -0.4 is 5.73 Å². The van der Waals surface area contributed by atoms with Gasteiger partial charge in [-0.15, -0.1) is 0 Å². The van der Waals surface area contributed by atoms with E-state index >= 15 is 0 Å². The van der Waals surface area contributed by atoms with Crippen LogP contribution in [0.2, 0.25) is 0 Å². The molecule has 0 bridgehead atoms. The smallest absolute Gasteiger partial charge is 0.243 e. The van der Waals surface area contributed by atoms with Crippen LogP contribution in [0.25, 0.3) is 0 Å². The molecule has 2 aliphatic heterocycles. The second-order valence-corrected chi connectivity index (χ2v) is 7.77. The van der Waals surface area contributed by atoms with Crippen LogP contribution in [0.5, 0.6) is 0 Å². The summed E-state index contributed by atoms with van der Waals surface area (Å²) in [6.45, 7) is 3.39. The molecule has 0 spiro atoms. The first-order valence-corrected chi connectivity index (χ1v) is 9.09. The van der Waals surface area contributed by atoms with Gasteiger partial charge in [-0.25, -0.2) is 8.42 Å². The molecular formula is C15H23N3O2S. The summed E-state index contributed by atoms with van der Waals surface area (Å²) in [5.41, 5.74) is 6.39. The third-order valence-corrected chi connectivity index (χ3v) is 6.58.